The second-order valence-corrected chi connectivity index (χ2v) is 5.52. The summed E-state index contributed by atoms with van der Waals surface area (Å²) in [6, 6.07) is 5.58. The highest BCUT2D eigenvalue weighted by Crippen LogP contribution is 2.32. The van der Waals surface area contributed by atoms with Gasteiger partial charge in [0.15, 0.2) is 0 Å². The largest absolute Gasteiger partial charge is 0.493 e. The zero-order valence-electron chi connectivity index (χ0n) is 12.4. The van der Waals surface area contributed by atoms with Crippen LogP contribution in [0.1, 0.15) is 50.0 Å². The molecule has 1 aromatic carbocycles. The molecule has 0 amide bonds. The van der Waals surface area contributed by atoms with Crippen molar-refractivity contribution < 1.29 is 14.3 Å². The number of hydrogen-bond acceptors (Lipinski definition) is 3. The number of carbonyl (C=O) groups excluding carboxylic acids is 1. The van der Waals surface area contributed by atoms with Crippen LogP contribution in [0.5, 0.6) is 5.75 Å². The van der Waals surface area contributed by atoms with E-state index < -0.39 is 0 Å². The Bertz CT molecular complexity index is 405. The van der Waals surface area contributed by atoms with Crippen LogP contribution in [0.3, 0.4) is 0 Å². The number of hydrogen-bond donors (Lipinski definition) is 0. The smallest absolute Gasteiger partial charge is 0.150 e. The maximum atomic E-state index is 10.9. The Balaban J connectivity index is 2.74. The van der Waals surface area contributed by atoms with Crippen LogP contribution in [0, 0.1) is 0 Å². The molecule has 0 aliphatic carbocycles. The van der Waals surface area contributed by atoms with Gasteiger partial charge in [0.2, 0.25) is 0 Å². The lowest BCUT2D eigenvalue weighted by atomic mass is 9.85. The first kappa shape index (κ1) is 15.7. The number of rotatable bonds is 7. The minimum atomic E-state index is -0.0473. The summed E-state index contributed by atoms with van der Waals surface area (Å²) in [4.78, 5) is 10.9. The van der Waals surface area contributed by atoms with Crippen molar-refractivity contribution in [2.75, 3.05) is 19.8 Å². The number of benzene rings is 1. The molecule has 0 heterocycles. The second-order valence-electron chi connectivity index (χ2n) is 5.52. The average molecular weight is 264 g/mol. The summed E-state index contributed by atoms with van der Waals surface area (Å²) >= 11 is 0. The van der Waals surface area contributed by atoms with E-state index in [0.717, 1.165) is 30.6 Å². The van der Waals surface area contributed by atoms with Crippen molar-refractivity contribution in [3.8, 4) is 5.75 Å². The van der Waals surface area contributed by atoms with E-state index in [9.17, 15) is 4.79 Å². The van der Waals surface area contributed by atoms with Gasteiger partial charge in [0, 0.05) is 30.8 Å². The minimum absolute atomic E-state index is 0.0473. The molecule has 0 aliphatic rings. The molecule has 1 aromatic rings. The Hall–Kier alpha value is -1.35. The summed E-state index contributed by atoms with van der Waals surface area (Å²) in [6.45, 7) is 10.4. The normalized spacial score (nSPS) is 11.4. The number of ether oxygens (including phenoxy) is 2. The van der Waals surface area contributed by atoms with Gasteiger partial charge in [-0.1, -0.05) is 20.8 Å². The van der Waals surface area contributed by atoms with Gasteiger partial charge in [-0.05, 0) is 30.5 Å². The Kier molecular flexibility index (Phi) is 6.03. The van der Waals surface area contributed by atoms with Crippen molar-refractivity contribution >= 4 is 6.29 Å². The zero-order chi connectivity index (χ0) is 14.3. The maximum absolute atomic E-state index is 10.9. The molecule has 3 heteroatoms. The van der Waals surface area contributed by atoms with Crippen molar-refractivity contribution in [1.82, 2.24) is 0 Å². The van der Waals surface area contributed by atoms with E-state index in [-0.39, 0.29) is 5.41 Å². The van der Waals surface area contributed by atoms with E-state index in [2.05, 4.69) is 20.8 Å². The van der Waals surface area contributed by atoms with Crippen LogP contribution in [-0.2, 0) is 10.2 Å². The molecule has 0 aromatic heterocycles. The predicted octanol–water partition coefficient (Wildman–Crippen LogP) is 3.60. The van der Waals surface area contributed by atoms with Gasteiger partial charge in [-0.2, -0.15) is 0 Å². The minimum Gasteiger partial charge on any atom is -0.493 e. The summed E-state index contributed by atoms with van der Waals surface area (Å²) < 4.78 is 11.1. The van der Waals surface area contributed by atoms with E-state index in [1.165, 1.54) is 0 Å². The zero-order valence-corrected chi connectivity index (χ0v) is 12.4. The molecule has 0 radical (unpaired) electrons. The molecule has 1 rings (SSSR count). The average Bonchev–Trinajstić information content (AvgIpc) is 2.37. The molecule has 0 saturated carbocycles. The third kappa shape index (κ3) is 5.03. The van der Waals surface area contributed by atoms with Crippen LogP contribution < -0.4 is 4.74 Å². The third-order valence-corrected chi connectivity index (χ3v) is 2.84. The van der Waals surface area contributed by atoms with Crippen molar-refractivity contribution in [2.24, 2.45) is 0 Å². The number of aldehydes is 1. The van der Waals surface area contributed by atoms with Crippen LogP contribution in [0.25, 0.3) is 0 Å². The SMILES string of the molecule is CCOCCCOc1ccc(C=O)cc1C(C)(C)C. The number of carbonyl (C=O) groups is 1. The van der Waals surface area contributed by atoms with Crippen molar-refractivity contribution in [1.29, 1.82) is 0 Å². The van der Waals surface area contributed by atoms with E-state index >= 15 is 0 Å². The van der Waals surface area contributed by atoms with Gasteiger partial charge in [-0.15, -0.1) is 0 Å². The highest BCUT2D eigenvalue weighted by molar-refractivity contribution is 5.75. The summed E-state index contributed by atoms with van der Waals surface area (Å²) in [6.07, 6.45) is 1.74. The van der Waals surface area contributed by atoms with E-state index in [4.69, 9.17) is 9.47 Å². The van der Waals surface area contributed by atoms with Crippen molar-refractivity contribution in [3.05, 3.63) is 29.3 Å². The van der Waals surface area contributed by atoms with Crippen LogP contribution in [0.15, 0.2) is 18.2 Å². The first-order valence-corrected chi connectivity index (χ1v) is 6.79. The first-order valence-electron chi connectivity index (χ1n) is 6.79. The molecular weight excluding hydrogens is 240 g/mol. The van der Waals surface area contributed by atoms with E-state index in [1.54, 1.807) is 6.07 Å². The lowest BCUT2D eigenvalue weighted by Gasteiger charge is -2.23. The van der Waals surface area contributed by atoms with Crippen molar-refractivity contribution in [2.45, 2.75) is 39.5 Å². The summed E-state index contributed by atoms with van der Waals surface area (Å²) in [5.41, 5.74) is 1.70. The topological polar surface area (TPSA) is 35.5 Å². The molecule has 0 spiro atoms. The highest BCUT2D eigenvalue weighted by atomic mass is 16.5. The van der Waals surface area contributed by atoms with Gasteiger partial charge in [-0.3, -0.25) is 4.79 Å². The van der Waals surface area contributed by atoms with Crippen LogP contribution in [-0.4, -0.2) is 26.1 Å². The molecule has 0 N–H and O–H groups in total. The van der Waals surface area contributed by atoms with Crippen LogP contribution >= 0.6 is 0 Å². The highest BCUT2D eigenvalue weighted by Gasteiger charge is 2.19. The molecule has 0 bridgehead atoms. The van der Waals surface area contributed by atoms with Gasteiger partial charge in [-0.25, -0.2) is 0 Å². The van der Waals surface area contributed by atoms with Gasteiger partial charge in [0.05, 0.1) is 6.61 Å². The molecule has 3 nitrogen and oxygen atoms in total. The monoisotopic (exact) mass is 264 g/mol. The summed E-state index contributed by atoms with van der Waals surface area (Å²) in [7, 11) is 0. The molecule has 0 fully saturated rings. The molecule has 0 atom stereocenters. The second kappa shape index (κ2) is 7.29. The first-order chi connectivity index (χ1) is 8.99. The third-order valence-electron chi connectivity index (χ3n) is 2.84. The molecule has 19 heavy (non-hydrogen) atoms. The van der Waals surface area contributed by atoms with Crippen LogP contribution in [0.2, 0.25) is 0 Å². The Morgan fingerprint density at radius 1 is 1.21 bits per heavy atom. The van der Waals surface area contributed by atoms with Crippen molar-refractivity contribution in [3.63, 3.8) is 0 Å². The van der Waals surface area contributed by atoms with E-state index in [0.29, 0.717) is 18.8 Å². The molecule has 106 valence electrons. The maximum Gasteiger partial charge on any atom is 0.150 e. The predicted molar refractivity (Wildman–Crippen MR) is 77.1 cm³/mol. The van der Waals surface area contributed by atoms with Gasteiger partial charge >= 0.3 is 0 Å². The lowest BCUT2D eigenvalue weighted by Crippen LogP contribution is -2.15. The quantitative estimate of drug-likeness (QED) is 0.557. The fourth-order valence-corrected chi connectivity index (χ4v) is 1.82. The summed E-state index contributed by atoms with van der Waals surface area (Å²) in [5.74, 6) is 0.856. The Labute approximate surface area is 115 Å². The molecular formula is C16H24O3. The molecule has 0 saturated heterocycles. The Morgan fingerprint density at radius 2 is 1.95 bits per heavy atom. The Morgan fingerprint density at radius 3 is 2.53 bits per heavy atom. The standard InChI is InChI=1S/C16H24O3/c1-5-18-9-6-10-19-15-8-7-13(12-17)11-14(15)16(2,3)4/h7-8,11-12H,5-6,9-10H2,1-4H3. The molecule has 0 aliphatic heterocycles. The van der Waals surface area contributed by atoms with Crippen LogP contribution in [0.4, 0.5) is 0 Å². The fourth-order valence-electron chi connectivity index (χ4n) is 1.82. The molecule has 0 unspecified atom stereocenters. The lowest BCUT2D eigenvalue weighted by molar-refractivity contribution is 0.112. The van der Waals surface area contributed by atoms with Gasteiger partial charge in [0.25, 0.3) is 0 Å². The van der Waals surface area contributed by atoms with Gasteiger partial charge in [0.1, 0.15) is 12.0 Å². The van der Waals surface area contributed by atoms with E-state index in [1.807, 2.05) is 19.1 Å². The summed E-state index contributed by atoms with van der Waals surface area (Å²) in [5, 5.41) is 0. The van der Waals surface area contributed by atoms with Gasteiger partial charge < -0.3 is 9.47 Å². The fraction of sp³-hybridized carbons (Fsp3) is 0.562.